The zero-order valence-electron chi connectivity index (χ0n) is 8.62. The number of benzene rings is 1. The summed E-state index contributed by atoms with van der Waals surface area (Å²) in [6, 6.07) is 3.74. The zero-order valence-corrected chi connectivity index (χ0v) is 8.62. The molecule has 0 bridgehead atoms. The number of hydrogen-bond acceptors (Lipinski definition) is 2. The van der Waals surface area contributed by atoms with E-state index in [-0.39, 0.29) is 17.6 Å². The number of rotatable bonds is 2. The van der Waals surface area contributed by atoms with Crippen molar-refractivity contribution in [2.45, 2.75) is 31.7 Å². The maximum Gasteiger partial charge on any atom is 0.123 e. The fourth-order valence-corrected chi connectivity index (χ4v) is 2.36. The van der Waals surface area contributed by atoms with Crippen molar-refractivity contribution >= 4 is 0 Å². The number of halogens is 1. The van der Waals surface area contributed by atoms with Gasteiger partial charge < -0.3 is 10.8 Å². The van der Waals surface area contributed by atoms with Gasteiger partial charge in [0.05, 0.1) is 0 Å². The maximum atomic E-state index is 13.0. The summed E-state index contributed by atoms with van der Waals surface area (Å²) in [5.41, 5.74) is 6.59. The van der Waals surface area contributed by atoms with Crippen LogP contribution in [0, 0.1) is 11.7 Å². The van der Waals surface area contributed by atoms with Gasteiger partial charge in [0.1, 0.15) is 11.6 Å². The van der Waals surface area contributed by atoms with Crippen molar-refractivity contribution in [3.63, 3.8) is 0 Å². The maximum absolute atomic E-state index is 13.0. The van der Waals surface area contributed by atoms with Gasteiger partial charge in [-0.1, -0.05) is 12.8 Å². The van der Waals surface area contributed by atoms with E-state index in [1.54, 1.807) is 0 Å². The predicted molar refractivity (Wildman–Crippen MR) is 57.0 cm³/mol. The second-order valence-corrected chi connectivity index (χ2v) is 4.27. The van der Waals surface area contributed by atoms with E-state index >= 15 is 0 Å². The van der Waals surface area contributed by atoms with Crippen molar-refractivity contribution < 1.29 is 9.50 Å². The number of aromatic hydroxyl groups is 1. The minimum Gasteiger partial charge on any atom is -0.508 e. The molecule has 0 heterocycles. The SMILES string of the molecule is N[C@H](c1cc(F)ccc1O)C1CCCC1. The molecule has 3 heteroatoms. The molecule has 2 rings (SSSR count). The molecule has 0 aliphatic heterocycles. The lowest BCUT2D eigenvalue weighted by Gasteiger charge is -2.20. The Morgan fingerprint density at radius 2 is 2.00 bits per heavy atom. The molecule has 1 saturated carbocycles. The molecule has 1 aromatic carbocycles. The topological polar surface area (TPSA) is 46.2 Å². The number of phenolic OH excluding ortho intramolecular Hbond substituents is 1. The molecular weight excluding hydrogens is 193 g/mol. The van der Waals surface area contributed by atoms with Crippen LogP contribution in [-0.2, 0) is 0 Å². The Labute approximate surface area is 88.9 Å². The first-order valence-electron chi connectivity index (χ1n) is 5.42. The average Bonchev–Trinajstić information content (AvgIpc) is 2.74. The van der Waals surface area contributed by atoms with Gasteiger partial charge in [-0.15, -0.1) is 0 Å². The quantitative estimate of drug-likeness (QED) is 0.786. The van der Waals surface area contributed by atoms with Crippen LogP contribution in [0.2, 0.25) is 0 Å². The van der Waals surface area contributed by atoms with E-state index in [2.05, 4.69) is 0 Å². The molecule has 0 aromatic heterocycles. The van der Waals surface area contributed by atoms with Crippen LogP contribution < -0.4 is 5.73 Å². The molecule has 1 aliphatic rings. The molecule has 1 aliphatic carbocycles. The Balaban J connectivity index is 2.23. The second-order valence-electron chi connectivity index (χ2n) is 4.27. The van der Waals surface area contributed by atoms with Crippen molar-refractivity contribution in [3.8, 4) is 5.75 Å². The van der Waals surface area contributed by atoms with Crippen molar-refractivity contribution in [2.24, 2.45) is 11.7 Å². The molecular formula is C12H16FNO. The van der Waals surface area contributed by atoms with Crippen LogP contribution in [0.15, 0.2) is 18.2 Å². The molecule has 0 radical (unpaired) electrons. The van der Waals surface area contributed by atoms with Crippen LogP contribution in [0.3, 0.4) is 0 Å². The first-order chi connectivity index (χ1) is 7.18. The summed E-state index contributed by atoms with van der Waals surface area (Å²) in [5, 5.41) is 9.62. The van der Waals surface area contributed by atoms with E-state index in [1.807, 2.05) is 0 Å². The van der Waals surface area contributed by atoms with Gasteiger partial charge in [0, 0.05) is 11.6 Å². The lowest BCUT2D eigenvalue weighted by Crippen LogP contribution is -2.19. The Hall–Kier alpha value is -1.09. The Morgan fingerprint density at radius 1 is 1.33 bits per heavy atom. The van der Waals surface area contributed by atoms with E-state index in [4.69, 9.17) is 5.73 Å². The molecule has 3 N–H and O–H groups in total. The number of phenols is 1. The van der Waals surface area contributed by atoms with Crippen LogP contribution in [0.25, 0.3) is 0 Å². The summed E-state index contributed by atoms with van der Waals surface area (Å²) < 4.78 is 13.0. The third-order valence-electron chi connectivity index (χ3n) is 3.26. The van der Waals surface area contributed by atoms with Gasteiger partial charge in [-0.25, -0.2) is 4.39 Å². The lowest BCUT2D eigenvalue weighted by molar-refractivity contribution is 0.410. The lowest BCUT2D eigenvalue weighted by atomic mass is 9.92. The zero-order chi connectivity index (χ0) is 10.8. The van der Waals surface area contributed by atoms with Crippen molar-refractivity contribution in [2.75, 3.05) is 0 Å². The predicted octanol–water partition coefficient (Wildman–Crippen LogP) is 2.72. The van der Waals surface area contributed by atoms with Gasteiger partial charge in [0.25, 0.3) is 0 Å². The molecule has 1 atom stereocenters. The average molecular weight is 209 g/mol. The summed E-state index contributed by atoms with van der Waals surface area (Å²) in [7, 11) is 0. The Morgan fingerprint density at radius 3 is 2.67 bits per heavy atom. The van der Waals surface area contributed by atoms with E-state index in [0.29, 0.717) is 11.5 Å². The third kappa shape index (κ3) is 2.12. The molecule has 0 spiro atoms. The minimum atomic E-state index is -0.337. The first-order valence-corrected chi connectivity index (χ1v) is 5.42. The van der Waals surface area contributed by atoms with Crippen molar-refractivity contribution in [1.29, 1.82) is 0 Å². The summed E-state index contributed by atoms with van der Waals surface area (Å²) in [4.78, 5) is 0. The normalized spacial score (nSPS) is 19.3. The van der Waals surface area contributed by atoms with E-state index < -0.39 is 0 Å². The molecule has 0 saturated heterocycles. The van der Waals surface area contributed by atoms with Crippen LogP contribution in [0.5, 0.6) is 5.75 Å². The van der Waals surface area contributed by atoms with Gasteiger partial charge in [-0.2, -0.15) is 0 Å². The van der Waals surface area contributed by atoms with Gasteiger partial charge in [-0.05, 0) is 37.0 Å². The highest BCUT2D eigenvalue weighted by atomic mass is 19.1. The van der Waals surface area contributed by atoms with E-state index in [1.165, 1.54) is 31.0 Å². The van der Waals surface area contributed by atoms with Crippen LogP contribution in [-0.4, -0.2) is 5.11 Å². The summed E-state index contributed by atoms with van der Waals surface area (Å²) in [6.07, 6.45) is 4.54. The highest BCUT2D eigenvalue weighted by molar-refractivity contribution is 5.35. The Kier molecular flexibility index (Phi) is 2.91. The highest BCUT2D eigenvalue weighted by Gasteiger charge is 2.25. The fourth-order valence-electron chi connectivity index (χ4n) is 2.36. The Bertz CT molecular complexity index is 347. The molecule has 0 unspecified atom stereocenters. The standard InChI is InChI=1S/C12H16FNO/c13-9-5-6-11(15)10(7-9)12(14)8-3-1-2-4-8/h5-8,12,15H,1-4,14H2/t12-/m0/s1. The first kappa shape index (κ1) is 10.4. The number of nitrogens with two attached hydrogens (primary N) is 1. The third-order valence-corrected chi connectivity index (χ3v) is 3.26. The monoisotopic (exact) mass is 209 g/mol. The van der Waals surface area contributed by atoms with Crippen molar-refractivity contribution in [1.82, 2.24) is 0 Å². The summed E-state index contributed by atoms with van der Waals surface area (Å²) >= 11 is 0. The second kappa shape index (κ2) is 4.19. The summed E-state index contributed by atoms with van der Waals surface area (Å²) in [6.45, 7) is 0. The smallest absolute Gasteiger partial charge is 0.123 e. The fraction of sp³-hybridized carbons (Fsp3) is 0.500. The molecule has 82 valence electrons. The van der Waals surface area contributed by atoms with Gasteiger partial charge in [0.2, 0.25) is 0 Å². The molecule has 1 fully saturated rings. The van der Waals surface area contributed by atoms with Gasteiger partial charge in [0.15, 0.2) is 0 Å². The van der Waals surface area contributed by atoms with Crippen LogP contribution >= 0.6 is 0 Å². The summed E-state index contributed by atoms with van der Waals surface area (Å²) in [5.74, 6) is 0.157. The largest absolute Gasteiger partial charge is 0.508 e. The van der Waals surface area contributed by atoms with Gasteiger partial charge in [-0.3, -0.25) is 0 Å². The van der Waals surface area contributed by atoms with E-state index in [9.17, 15) is 9.50 Å². The molecule has 15 heavy (non-hydrogen) atoms. The minimum absolute atomic E-state index is 0.107. The van der Waals surface area contributed by atoms with Gasteiger partial charge >= 0.3 is 0 Å². The van der Waals surface area contributed by atoms with Crippen molar-refractivity contribution in [3.05, 3.63) is 29.6 Å². The molecule has 0 amide bonds. The number of hydrogen-bond donors (Lipinski definition) is 2. The highest BCUT2D eigenvalue weighted by Crippen LogP contribution is 2.37. The molecule has 2 nitrogen and oxygen atoms in total. The van der Waals surface area contributed by atoms with E-state index in [0.717, 1.165) is 12.8 Å². The van der Waals surface area contributed by atoms with Crippen LogP contribution in [0.4, 0.5) is 4.39 Å². The molecule has 1 aromatic rings. The van der Waals surface area contributed by atoms with Crippen LogP contribution in [0.1, 0.15) is 37.3 Å².